The van der Waals surface area contributed by atoms with Crippen LogP contribution in [0.25, 0.3) is 11.1 Å². The van der Waals surface area contributed by atoms with Gasteiger partial charge in [-0.2, -0.15) is 0 Å². The van der Waals surface area contributed by atoms with Gasteiger partial charge in [-0.25, -0.2) is 0 Å². The molecule has 66 valence electrons. The van der Waals surface area contributed by atoms with Gasteiger partial charge >= 0.3 is 51.4 Å². The van der Waals surface area contributed by atoms with Gasteiger partial charge < -0.3 is 7.43 Å². The summed E-state index contributed by atoms with van der Waals surface area (Å²) in [6, 6.07) is 20.8. The topological polar surface area (TPSA) is 0 Å². The largest absolute Gasteiger partial charge is 1.00 e. The second-order valence-electron chi connectivity index (χ2n) is 2.73. The third-order valence-electron chi connectivity index (χ3n) is 1.88. The van der Waals surface area contributed by atoms with Crippen LogP contribution in [0, 0.1) is 7.43 Å². The Bertz CT molecular complexity index is 303. The van der Waals surface area contributed by atoms with Gasteiger partial charge in [0.05, 0.1) is 0 Å². The maximum Gasteiger partial charge on any atom is 1.00 e. The van der Waals surface area contributed by atoms with Crippen LogP contribution >= 0.6 is 0 Å². The van der Waals surface area contributed by atoms with Crippen LogP contribution in [-0.4, -0.2) is 0 Å². The first-order valence-corrected chi connectivity index (χ1v) is 4.07. The van der Waals surface area contributed by atoms with Gasteiger partial charge in [0.2, 0.25) is 0 Å². The van der Waals surface area contributed by atoms with E-state index in [2.05, 4.69) is 48.5 Å². The molecule has 2 aromatic rings. The van der Waals surface area contributed by atoms with Gasteiger partial charge in [-0.3, -0.25) is 0 Å². The quantitative estimate of drug-likeness (QED) is 0.480. The first-order valence-electron chi connectivity index (χ1n) is 4.07. The van der Waals surface area contributed by atoms with Crippen molar-refractivity contribution in [3.05, 3.63) is 68.1 Å². The molecule has 0 aliphatic heterocycles. The molecule has 0 saturated heterocycles. The molecule has 0 bridgehead atoms. The van der Waals surface area contributed by atoms with Crippen molar-refractivity contribution >= 4 is 0 Å². The van der Waals surface area contributed by atoms with Gasteiger partial charge in [0, 0.05) is 0 Å². The minimum atomic E-state index is 0. The standard InChI is InChI=1S/C12H10.CH3.K/c1-3-7-11(8-4-1)12-9-5-2-6-10-12;;/h1-10H;1H3;/q;-1;+1. The van der Waals surface area contributed by atoms with Crippen LogP contribution in [-0.2, 0) is 0 Å². The minimum Gasteiger partial charge on any atom is -0.358 e. The predicted molar refractivity (Wildman–Crippen MR) is 58.3 cm³/mol. The Kier molecular flexibility index (Phi) is 7.42. The van der Waals surface area contributed by atoms with Crippen molar-refractivity contribution in [3.63, 3.8) is 0 Å². The van der Waals surface area contributed by atoms with E-state index in [0.717, 1.165) is 0 Å². The van der Waals surface area contributed by atoms with Crippen molar-refractivity contribution in [2.75, 3.05) is 0 Å². The minimum absolute atomic E-state index is 0. The molecule has 0 radical (unpaired) electrons. The molecule has 14 heavy (non-hydrogen) atoms. The Morgan fingerprint density at radius 3 is 1.07 bits per heavy atom. The monoisotopic (exact) mass is 208 g/mol. The summed E-state index contributed by atoms with van der Waals surface area (Å²) in [4.78, 5) is 0. The van der Waals surface area contributed by atoms with Crippen LogP contribution in [0.2, 0.25) is 0 Å². The number of hydrogen-bond donors (Lipinski definition) is 0. The molecule has 0 aromatic heterocycles. The molecular weight excluding hydrogens is 195 g/mol. The number of rotatable bonds is 1. The second kappa shape index (κ2) is 7.38. The van der Waals surface area contributed by atoms with Crippen molar-refractivity contribution in [1.29, 1.82) is 0 Å². The van der Waals surface area contributed by atoms with Gasteiger partial charge in [0.15, 0.2) is 0 Å². The normalized spacial score (nSPS) is 8.29. The van der Waals surface area contributed by atoms with Crippen molar-refractivity contribution in [2.24, 2.45) is 0 Å². The Hall–Kier alpha value is 0.0764. The van der Waals surface area contributed by atoms with Gasteiger partial charge in [-0.05, 0) is 11.1 Å². The summed E-state index contributed by atoms with van der Waals surface area (Å²) in [7, 11) is 0. The van der Waals surface area contributed by atoms with E-state index in [-0.39, 0.29) is 58.8 Å². The molecule has 0 heterocycles. The summed E-state index contributed by atoms with van der Waals surface area (Å²) >= 11 is 0. The average molecular weight is 208 g/mol. The molecule has 1 heteroatoms. The van der Waals surface area contributed by atoms with E-state index < -0.39 is 0 Å². The zero-order valence-corrected chi connectivity index (χ0v) is 11.9. The second-order valence-corrected chi connectivity index (χ2v) is 2.73. The zero-order chi connectivity index (χ0) is 8.23. The summed E-state index contributed by atoms with van der Waals surface area (Å²) in [6.45, 7) is 0. The van der Waals surface area contributed by atoms with E-state index in [9.17, 15) is 0 Å². The maximum absolute atomic E-state index is 2.12. The Morgan fingerprint density at radius 1 is 0.500 bits per heavy atom. The van der Waals surface area contributed by atoms with Gasteiger partial charge in [0.1, 0.15) is 0 Å². The SMILES string of the molecule is [CH3-].[K+].c1ccc(-c2ccccc2)cc1. The van der Waals surface area contributed by atoms with Crippen LogP contribution in [0.4, 0.5) is 0 Å². The summed E-state index contributed by atoms with van der Waals surface area (Å²) < 4.78 is 0. The van der Waals surface area contributed by atoms with Gasteiger partial charge in [-0.1, -0.05) is 60.7 Å². The maximum atomic E-state index is 2.12. The molecule has 0 unspecified atom stereocenters. The van der Waals surface area contributed by atoms with E-state index in [1.54, 1.807) is 0 Å². The van der Waals surface area contributed by atoms with E-state index >= 15 is 0 Å². The summed E-state index contributed by atoms with van der Waals surface area (Å²) in [6.07, 6.45) is 0. The Balaban J connectivity index is 0.000000845. The molecule has 0 aliphatic carbocycles. The molecule has 0 spiro atoms. The van der Waals surface area contributed by atoms with Crippen molar-refractivity contribution in [1.82, 2.24) is 0 Å². The molecule has 0 saturated carbocycles. The fourth-order valence-electron chi connectivity index (χ4n) is 1.26. The summed E-state index contributed by atoms with van der Waals surface area (Å²) in [5, 5.41) is 0. The molecule has 0 atom stereocenters. The zero-order valence-electron chi connectivity index (χ0n) is 8.77. The van der Waals surface area contributed by atoms with E-state index in [1.807, 2.05) is 12.1 Å². The van der Waals surface area contributed by atoms with Gasteiger partial charge in [0.25, 0.3) is 0 Å². The third-order valence-corrected chi connectivity index (χ3v) is 1.88. The molecule has 0 fully saturated rings. The first kappa shape index (κ1) is 14.1. The summed E-state index contributed by atoms with van der Waals surface area (Å²) in [5.74, 6) is 0. The van der Waals surface area contributed by atoms with Crippen LogP contribution in [0.15, 0.2) is 60.7 Å². The number of hydrogen-bond acceptors (Lipinski definition) is 0. The average Bonchev–Trinajstić information content (AvgIpc) is 2.21. The van der Waals surface area contributed by atoms with Crippen molar-refractivity contribution < 1.29 is 51.4 Å². The fourth-order valence-corrected chi connectivity index (χ4v) is 1.26. The fraction of sp³-hybridized carbons (Fsp3) is 0. The summed E-state index contributed by atoms with van der Waals surface area (Å²) in [5.41, 5.74) is 2.55. The molecule has 0 nitrogen and oxygen atoms in total. The predicted octanol–water partition coefficient (Wildman–Crippen LogP) is 0.808. The third kappa shape index (κ3) is 3.68. The smallest absolute Gasteiger partial charge is 0.358 e. The number of benzene rings is 2. The van der Waals surface area contributed by atoms with Gasteiger partial charge in [-0.15, -0.1) is 0 Å². The van der Waals surface area contributed by atoms with Crippen molar-refractivity contribution in [3.8, 4) is 11.1 Å². The van der Waals surface area contributed by atoms with Crippen LogP contribution in [0.3, 0.4) is 0 Å². The van der Waals surface area contributed by atoms with Crippen molar-refractivity contribution in [2.45, 2.75) is 0 Å². The van der Waals surface area contributed by atoms with E-state index in [0.29, 0.717) is 0 Å². The first-order chi connectivity index (χ1) is 5.97. The molecule has 0 N–H and O–H groups in total. The van der Waals surface area contributed by atoms with E-state index in [4.69, 9.17) is 0 Å². The molecule has 2 rings (SSSR count). The Morgan fingerprint density at radius 2 is 0.786 bits per heavy atom. The van der Waals surface area contributed by atoms with E-state index in [1.165, 1.54) is 11.1 Å². The molecular formula is C13H13K. The van der Waals surface area contributed by atoms with Crippen LogP contribution < -0.4 is 51.4 Å². The molecule has 2 aromatic carbocycles. The Labute approximate surface area is 129 Å². The molecule has 0 amide bonds. The molecule has 0 aliphatic rings. The van der Waals surface area contributed by atoms with Crippen LogP contribution in [0.5, 0.6) is 0 Å². The van der Waals surface area contributed by atoms with Crippen LogP contribution in [0.1, 0.15) is 0 Å².